The fraction of sp³-hybridized carbons (Fsp3) is 1.00. The van der Waals surface area contributed by atoms with Crippen molar-refractivity contribution < 1.29 is 18.9 Å². The van der Waals surface area contributed by atoms with E-state index in [0.717, 1.165) is 32.8 Å². The van der Waals surface area contributed by atoms with Crippen LogP contribution in [0.25, 0.3) is 0 Å². The molecule has 4 heteroatoms. The van der Waals surface area contributed by atoms with E-state index in [-0.39, 0.29) is 11.6 Å². The van der Waals surface area contributed by atoms with Gasteiger partial charge in [0.1, 0.15) is 0 Å². The molecule has 0 N–H and O–H groups in total. The summed E-state index contributed by atoms with van der Waals surface area (Å²) in [7, 11) is 0. The van der Waals surface area contributed by atoms with Crippen molar-refractivity contribution in [2.45, 2.75) is 64.4 Å². The van der Waals surface area contributed by atoms with E-state index in [1.54, 1.807) is 0 Å². The zero-order valence-electron chi connectivity index (χ0n) is 14.2. The Hall–Kier alpha value is -0.160. The minimum atomic E-state index is -0.372. The molecule has 0 amide bonds. The second kappa shape index (κ2) is 5.17. The topological polar surface area (TPSA) is 36.9 Å². The van der Waals surface area contributed by atoms with Crippen LogP contribution >= 0.6 is 0 Å². The van der Waals surface area contributed by atoms with E-state index in [1.165, 1.54) is 25.7 Å². The Balaban J connectivity index is 1.56. The normalized spacial score (nSPS) is 46.8. The molecule has 2 saturated heterocycles. The van der Waals surface area contributed by atoms with Gasteiger partial charge in [0.25, 0.3) is 0 Å². The molecular formula is C18H30O4. The third-order valence-corrected chi connectivity index (χ3v) is 7.22. The van der Waals surface area contributed by atoms with Gasteiger partial charge in [0.2, 0.25) is 0 Å². The van der Waals surface area contributed by atoms with Crippen LogP contribution in [0.15, 0.2) is 0 Å². The summed E-state index contributed by atoms with van der Waals surface area (Å²) in [6.45, 7) is 9.93. The highest BCUT2D eigenvalue weighted by molar-refractivity contribution is 5.03. The largest absolute Gasteiger partial charge is 0.348 e. The zero-order chi connectivity index (χ0) is 15.4. The molecule has 4 rings (SSSR count). The van der Waals surface area contributed by atoms with Crippen LogP contribution in [0.3, 0.4) is 0 Å². The van der Waals surface area contributed by atoms with Gasteiger partial charge in [0.05, 0.1) is 26.4 Å². The molecule has 2 aliphatic heterocycles. The lowest BCUT2D eigenvalue weighted by atomic mass is 9.53. The summed E-state index contributed by atoms with van der Waals surface area (Å²) in [5.74, 6) is 0.879. The van der Waals surface area contributed by atoms with Crippen LogP contribution in [0, 0.1) is 23.2 Å². The van der Waals surface area contributed by atoms with Crippen LogP contribution in [0.2, 0.25) is 0 Å². The summed E-state index contributed by atoms with van der Waals surface area (Å²) in [4.78, 5) is 0. The Bertz CT molecular complexity index is 425. The van der Waals surface area contributed by atoms with E-state index in [9.17, 15) is 0 Å². The molecule has 0 bridgehead atoms. The zero-order valence-corrected chi connectivity index (χ0v) is 14.2. The minimum Gasteiger partial charge on any atom is -0.348 e. The Labute approximate surface area is 133 Å². The van der Waals surface area contributed by atoms with E-state index < -0.39 is 0 Å². The fourth-order valence-electron chi connectivity index (χ4n) is 5.63. The molecule has 4 aliphatic rings. The standard InChI is InChI=1S/C18H30O4/c1-13-15-12-14(17(3)19-8-9-20-17)4-5-16(15,2)6-7-18(13)21-10-11-22-18/h13-15H,4-12H2,1-3H3/t13-,14-,15+,16-/m1/s1. The van der Waals surface area contributed by atoms with Crippen LogP contribution < -0.4 is 0 Å². The van der Waals surface area contributed by atoms with Crippen LogP contribution in [0.5, 0.6) is 0 Å². The highest BCUT2D eigenvalue weighted by Crippen LogP contribution is 2.59. The summed E-state index contributed by atoms with van der Waals surface area (Å²) < 4.78 is 24.1. The molecule has 126 valence electrons. The number of ether oxygens (including phenoxy) is 4. The summed E-state index contributed by atoms with van der Waals surface area (Å²) in [5, 5.41) is 0. The van der Waals surface area contributed by atoms with Gasteiger partial charge in [0, 0.05) is 18.3 Å². The van der Waals surface area contributed by atoms with Crippen molar-refractivity contribution in [3.05, 3.63) is 0 Å². The van der Waals surface area contributed by atoms with Crippen LogP contribution in [-0.2, 0) is 18.9 Å². The summed E-state index contributed by atoms with van der Waals surface area (Å²) in [5.41, 5.74) is 0.422. The minimum absolute atomic E-state index is 0.315. The third-order valence-electron chi connectivity index (χ3n) is 7.22. The van der Waals surface area contributed by atoms with Gasteiger partial charge >= 0.3 is 0 Å². The molecule has 0 aromatic rings. The highest BCUT2D eigenvalue weighted by Gasteiger charge is 2.58. The fourth-order valence-corrected chi connectivity index (χ4v) is 5.63. The quantitative estimate of drug-likeness (QED) is 0.744. The van der Waals surface area contributed by atoms with Gasteiger partial charge in [-0.3, -0.25) is 0 Å². The second-order valence-corrected chi connectivity index (χ2v) is 8.24. The lowest BCUT2D eigenvalue weighted by Gasteiger charge is -2.56. The van der Waals surface area contributed by atoms with E-state index in [2.05, 4.69) is 20.8 Å². The van der Waals surface area contributed by atoms with Crippen molar-refractivity contribution in [3.63, 3.8) is 0 Å². The molecule has 0 aromatic heterocycles. The number of fused-ring (bicyclic) bond motifs is 1. The number of hydrogen-bond acceptors (Lipinski definition) is 4. The average Bonchev–Trinajstić information content (AvgIpc) is 3.15. The Kier molecular flexibility index (Phi) is 3.61. The van der Waals surface area contributed by atoms with Gasteiger partial charge in [-0.25, -0.2) is 0 Å². The van der Waals surface area contributed by atoms with E-state index in [0.29, 0.717) is 23.2 Å². The van der Waals surface area contributed by atoms with Gasteiger partial charge < -0.3 is 18.9 Å². The Morgan fingerprint density at radius 3 is 2.14 bits per heavy atom. The lowest BCUT2D eigenvalue weighted by Crippen LogP contribution is -2.55. The first-order valence-corrected chi connectivity index (χ1v) is 9.03. The van der Waals surface area contributed by atoms with Crippen molar-refractivity contribution in [1.29, 1.82) is 0 Å². The van der Waals surface area contributed by atoms with Gasteiger partial charge in [0.15, 0.2) is 11.6 Å². The predicted molar refractivity (Wildman–Crippen MR) is 82.3 cm³/mol. The van der Waals surface area contributed by atoms with Gasteiger partial charge in [-0.2, -0.15) is 0 Å². The molecule has 0 aromatic carbocycles. The molecular weight excluding hydrogens is 280 g/mol. The van der Waals surface area contributed by atoms with Gasteiger partial charge in [-0.15, -0.1) is 0 Å². The molecule has 1 spiro atoms. The van der Waals surface area contributed by atoms with Crippen LogP contribution in [-0.4, -0.2) is 38.0 Å². The SMILES string of the molecule is C[C@@H]1[C@@H]2C[C@H](C3(C)OCCO3)CC[C@]2(C)CCC12OCCO2. The first-order chi connectivity index (χ1) is 10.5. The monoisotopic (exact) mass is 310 g/mol. The van der Waals surface area contributed by atoms with Crippen LogP contribution in [0.1, 0.15) is 52.9 Å². The summed E-state index contributed by atoms with van der Waals surface area (Å²) >= 11 is 0. The first kappa shape index (κ1) is 15.4. The molecule has 2 heterocycles. The predicted octanol–water partition coefficient (Wildman–Crippen LogP) is 3.35. The molecule has 4 nitrogen and oxygen atoms in total. The summed E-state index contributed by atoms with van der Waals surface area (Å²) in [6, 6.07) is 0. The second-order valence-electron chi connectivity index (χ2n) is 8.24. The maximum Gasteiger partial charge on any atom is 0.171 e. The first-order valence-electron chi connectivity index (χ1n) is 9.03. The van der Waals surface area contributed by atoms with E-state index in [1.807, 2.05) is 0 Å². The molecule has 22 heavy (non-hydrogen) atoms. The van der Waals surface area contributed by atoms with E-state index in [4.69, 9.17) is 18.9 Å². The van der Waals surface area contributed by atoms with Gasteiger partial charge in [-0.1, -0.05) is 13.8 Å². The average molecular weight is 310 g/mol. The van der Waals surface area contributed by atoms with Gasteiger partial charge in [-0.05, 0) is 43.9 Å². The number of hydrogen-bond donors (Lipinski definition) is 0. The maximum atomic E-state index is 6.09. The maximum absolute atomic E-state index is 6.09. The lowest BCUT2D eigenvalue weighted by molar-refractivity contribution is -0.262. The number of rotatable bonds is 1. The van der Waals surface area contributed by atoms with Crippen molar-refractivity contribution in [2.24, 2.45) is 23.2 Å². The van der Waals surface area contributed by atoms with Crippen molar-refractivity contribution in [1.82, 2.24) is 0 Å². The molecule has 2 aliphatic carbocycles. The molecule has 0 unspecified atom stereocenters. The van der Waals surface area contributed by atoms with E-state index >= 15 is 0 Å². The molecule has 4 fully saturated rings. The van der Waals surface area contributed by atoms with Crippen molar-refractivity contribution in [3.8, 4) is 0 Å². The van der Waals surface area contributed by atoms with Crippen LogP contribution in [0.4, 0.5) is 0 Å². The van der Waals surface area contributed by atoms with Crippen molar-refractivity contribution in [2.75, 3.05) is 26.4 Å². The smallest absolute Gasteiger partial charge is 0.171 e. The van der Waals surface area contributed by atoms with Crippen molar-refractivity contribution >= 4 is 0 Å². The summed E-state index contributed by atoms with van der Waals surface area (Å²) in [6.07, 6.45) is 5.92. The third kappa shape index (κ3) is 2.18. The highest BCUT2D eigenvalue weighted by atomic mass is 16.7. The molecule has 2 saturated carbocycles. The Morgan fingerprint density at radius 1 is 0.818 bits per heavy atom. The molecule has 0 radical (unpaired) electrons. The molecule has 4 atom stereocenters. The Morgan fingerprint density at radius 2 is 1.45 bits per heavy atom.